The van der Waals surface area contributed by atoms with E-state index < -0.39 is 5.41 Å². The maximum absolute atomic E-state index is 9.35. The van der Waals surface area contributed by atoms with Gasteiger partial charge in [-0.25, -0.2) is 0 Å². The Balaban J connectivity index is 1.43. The van der Waals surface area contributed by atoms with E-state index in [9.17, 15) is 5.26 Å². The monoisotopic (exact) mass is 547 g/mol. The largest absolute Gasteiger partial charge is 0.255 e. The Morgan fingerprint density at radius 1 is 0.535 bits per heavy atom. The van der Waals surface area contributed by atoms with Crippen molar-refractivity contribution in [1.29, 1.82) is 5.26 Å². The van der Waals surface area contributed by atoms with Crippen LogP contribution in [0.4, 0.5) is 0 Å². The molecule has 0 N–H and O–H groups in total. The summed E-state index contributed by atoms with van der Waals surface area (Å²) in [5, 5.41) is 11.8. The topological polar surface area (TPSA) is 49.6 Å². The van der Waals surface area contributed by atoms with Crippen LogP contribution in [-0.2, 0) is 5.41 Å². The van der Waals surface area contributed by atoms with Gasteiger partial charge in [0.25, 0.3) is 0 Å². The number of rotatable bonds is 4. The van der Waals surface area contributed by atoms with Gasteiger partial charge in [-0.15, -0.1) is 0 Å². The molecule has 0 radical (unpaired) electrons. The minimum absolute atomic E-state index is 0.484. The molecule has 0 aliphatic heterocycles. The summed E-state index contributed by atoms with van der Waals surface area (Å²) < 4.78 is 0. The minimum Gasteiger partial charge on any atom is -0.255 e. The van der Waals surface area contributed by atoms with Gasteiger partial charge in [-0.3, -0.25) is 9.97 Å². The highest BCUT2D eigenvalue weighted by Crippen LogP contribution is 2.58. The van der Waals surface area contributed by atoms with Crippen LogP contribution in [0.15, 0.2) is 152 Å². The van der Waals surface area contributed by atoms with Crippen molar-refractivity contribution in [2.75, 3.05) is 0 Å². The van der Waals surface area contributed by atoms with Gasteiger partial charge >= 0.3 is 0 Å². The number of nitrogens with zero attached hydrogens (tertiary/aromatic N) is 3. The van der Waals surface area contributed by atoms with Gasteiger partial charge in [-0.2, -0.15) is 5.26 Å². The smallest absolute Gasteiger partial charge is 0.0992 e. The van der Waals surface area contributed by atoms with Crippen LogP contribution in [0, 0.1) is 11.3 Å². The second-order valence-electron chi connectivity index (χ2n) is 10.9. The normalized spacial score (nSPS) is 12.8. The predicted octanol–water partition coefficient (Wildman–Crippen LogP) is 9.20. The Bertz CT molecular complexity index is 2140. The fourth-order valence-corrected chi connectivity index (χ4v) is 6.88. The summed E-state index contributed by atoms with van der Waals surface area (Å²) in [6, 6.07) is 51.5. The zero-order valence-electron chi connectivity index (χ0n) is 23.3. The third-order valence-corrected chi connectivity index (χ3v) is 8.69. The van der Waals surface area contributed by atoms with E-state index in [1.165, 1.54) is 44.2 Å². The molecule has 0 spiro atoms. The van der Waals surface area contributed by atoms with Crippen molar-refractivity contribution in [3.8, 4) is 39.7 Å². The Morgan fingerprint density at radius 2 is 1.21 bits per heavy atom. The first-order valence-electron chi connectivity index (χ1n) is 14.4. The lowest BCUT2D eigenvalue weighted by atomic mass is 9.67. The molecule has 0 atom stereocenters. The molecule has 0 bridgehead atoms. The van der Waals surface area contributed by atoms with Crippen LogP contribution in [0.2, 0.25) is 0 Å². The molecular weight excluding hydrogens is 522 g/mol. The van der Waals surface area contributed by atoms with E-state index in [4.69, 9.17) is 4.98 Å². The van der Waals surface area contributed by atoms with E-state index in [2.05, 4.69) is 132 Å². The Labute approximate surface area is 250 Å². The van der Waals surface area contributed by atoms with Gasteiger partial charge in [0, 0.05) is 18.0 Å². The first-order valence-corrected chi connectivity index (χ1v) is 14.4. The molecule has 8 rings (SSSR count). The molecule has 0 saturated heterocycles. The van der Waals surface area contributed by atoms with E-state index >= 15 is 0 Å². The summed E-state index contributed by atoms with van der Waals surface area (Å²) in [5.41, 5.74) is 11.3. The zero-order chi connectivity index (χ0) is 28.8. The molecule has 0 amide bonds. The molecule has 3 nitrogen and oxygen atoms in total. The number of pyridine rings is 2. The van der Waals surface area contributed by atoms with E-state index in [0.29, 0.717) is 11.3 Å². The van der Waals surface area contributed by atoms with Crippen molar-refractivity contribution in [3.05, 3.63) is 180 Å². The molecule has 1 aliphatic rings. The molecule has 0 saturated carbocycles. The summed E-state index contributed by atoms with van der Waals surface area (Å²) >= 11 is 0. The number of fused-ring (bicyclic) bond motifs is 5. The SMILES string of the molecule is N#Cc1ccnc(-c2ccc(-c3cc4c(c5ccccc35)-c3ccccc3C4(c3ccccc3)c3ccccc3)cn2)c1. The van der Waals surface area contributed by atoms with E-state index in [1.807, 2.05) is 12.3 Å². The summed E-state index contributed by atoms with van der Waals surface area (Å²) in [6.45, 7) is 0. The average Bonchev–Trinajstić information content (AvgIpc) is 3.40. The maximum Gasteiger partial charge on any atom is 0.0992 e. The van der Waals surface area contributed by atoms with Crippen LogP contribution in [0.1, 0.15) is 27.8 Å². The number of nitriles is 1. The highest BCUT2D eigenvalue weighted by Gasteiger charge is 2.46. The Morgan fingerprint density at radius 3 is 1.91 bits per heavy atom. The molecule has 7 aromatic rings. The van der Waals surface area contributed by atoms with Crippen LogP contribution < -0.4 is 0 Å². The van der Waals surface area contributed by atoms with Crippen LogP contribution in [0.5, 0.6) is 0 Å². The molecule has 3 heteroatoms. The number of hydrogen-bond acceptors (Lipinski definition) is 3. The fourth-order valence-electron chi connectivity index (χ4n) is 6.88. The summed E-state index contributed by atoms with van der Waals surface area (Å²) in [6.07, 6.45) is 3.58. The van der Waals surface area contributed by atoms with Gasteiger partial charge in [0.05, 0.1) is 28.4 Å². The molecular formula is C40H25N3. The average molecular weight is 548 g/mol. The highest BCUT2D eigenvalue weighted by molar-refractivity contribution is 6.10. The van der Waals surface area contributed by atoms with Crippen molar-refractivity contribution in [1.82, 2.24) is 9.97 Å². The molecule has 5 aromatic carbocycles. The van der Waals surface area contributed by atoms with Gasteiger partial charge < -0.3 is 0 Å². The molecule has 2 heterocycles. The first kappa shape index (κ1) is 24.9. The first-order chi connectivity index (χ1) is 21.3. The lowest BCUT2D eigenvalue weighted by Gasteiger charge is -2.34. The summed E-state index contributed by atoms with van der Waals surface area (Å²) in [5.74, 6) is 0. The predicted molar refractivity (Wildman–Crippen MR) is 172 cm³/mol. The number of hydrogen-bond donors (Lipinski definition) is 0. The molecule has 0 fully saturated rings. The van der Waals surface area contributed by atoms with Crippen molar-refractivity contribution < 1.29 is 0 Å². The Kier molecular flexibility index (Phi) is 5.74. The van der Waals surface area contributed by atoms with Gasteiger partial charge in [0.2, 0.25) is 0 Å². The van der Waals surface area contributed by atoms with Crippen molar-refractivity contribution >= 4 is 10.8 Å². The van der Waals surface area contributed by atoms with Gasteiger partial charge in [-0.1, -0.05) is 115 Å². The van der Waals surface area contributed by atoms with Crippen molar-refractivity contribution in [2.24, 2.45) is 0 Å². The van der Waals surface area contributed by atoms with Crippen LogP contribution in [0.3, 0.4) is 0 Å². The lowest BCUT2D eigenvalue weighted by molar-refractivity contribution is 0.769. The maximum atomic E-state index is 9.35. The van der Waals surface area contributed by atoms with E-state index in [-0.39, 0.29) is 0 Å². The minimum atomic E-state index is -0.484. The fraction of sp³-hybridized carbons (Fsp3) is 0.0250. The molecule has 2 aromatic heterocycles. The van der Waals surface area contributed by atoms with E-state index in [1.54, 1.807) is 18.3 Å². The molecule has 43 heavy (non-hydrogen) atoms. The van der Waals surface area contributed by atoms with Crippen LogP contribution >= 0.6 is 0 Å². The Hall–Kier alpha value is -5.85. The van der Waals surface area contributed by atoms with Crippen molar-refractivity contribution in [3.63, 3.8) is 0 Å². The third kappa shape index (κ3) is 3.74. The quantitative estimate of drug-likeness (QED) is 0.221. The molecule has 200 valence electrons. The number of benzene rings is 5. The van der Waals surface area contributed by atoms with Crippen molar-refractivity contribution in [2.45, 2.75) is 5.41 Å². The summed E-state index contributed by atoms with van der Waals surface area (Å²) in [7, 11) is 0. The second kappa shape index (κ2) is 9.91. The van der Waals surface area contributed by atoms with Gasteiger partial charge in [0.1, 0.15) is 0 Å². The van der Waals surface area contributed by atoms with Crippen LogP contribution in [0.25, 0.3) is 44.4 Å². The standard InChI is InChI=1S/C40H25N3/c41-25-27-21-22-42-38(23-27)37-20-19-28(26-43-37)34-24-36-39(32-16-8-7-15-31(32)34)33-17-9-10-18-35(33)40(36,29-11-3-1-4-12-29)30-13-5-2-6-14-30/h1-24,26H. The highest BCUT2D eigenvalue weighted by atomic mass is 14.8. The van der Waals surface area contributed by atoms with E-state index in [0.717, 1.165) is 16.8 Å². The van der Waals surface area contributed by atoms with Crippen LogP contribution in [-0.4, -0.2) is 9.97 Å². The van der Waals surface area contributed by atoms with Gasteiger partial charge in [-0.05, 0) is 74.0 Å². The van der Waals surface area contributed by atoms with Gasteiger partial charge in [0.15, 0.2) is 0 Å². The second-order valence-corrected chi connectivity index (χ2v) is 10.9. The molecule has 1 aliphatic carbocycles. The number of aromatic nitrogens is 2. The molecule has 0 unspecified atom stereocenters. The lowest BCUT2D eigenvalue weighted by Crippen LogP contribution is -2.28. The summed E-state index contributed by atoms with van der Waals surface area (Å²) in [4.78, 5) is 9.27. The zero-order valence-corrected chi connectivity index (χ0v) is 23.3. The third-order valence-electron chi connectivity index (χ3n) is 8.69.